The Bertz CT molecular complexity index is 532. The predicted octanol–water partition coefficient (Wildman–Crippen LogP) is 3.07. The smallest absolute Gasteiger partial charge is 0.0817 e. The average Bonchev–Trinajstić information content (AvgIpc) is 2.86. The van der Waals surface area contributed by atoms with Gasteiger partial charge in [0.25, 0.3) is 0 Å². The van der Waals surface area contributed by atoms with E-state index in [0.717, 1.165) is 30.0 Å². The van der Waals surface area contributed by atoms with E-state index in [-0.39, 0.29) is 0 Å². The van der Waals surface area contributed by atoms with Gasteiger partial charge in [0.2, 0.25) is 0 Å². The molecule has 102 valence electrons. The zero-order valence-corrected chi connectivity index (χ0v) is 11.9. The summed E-state index contributed by atoms with van der Waals surface area (Å²) in [6, 6.07) is 10.4. The second-order valence-electron chi connectivity index (χ2n) is 5.00. The molecule has 0 bridgehead atoms. The number of aromatic nitrogens is 2. The molecule has 0 radical (unpaired) electrons. The molecular weight excluding hydrogens is 236 g/mol. The third kappa shape index (κ3) is 3.28. The fourth-order valence-electron chi connectivity index (χ4n) is 1.99. The molecule has 1 atom stereocenters. The first-order chi connectivity index (χ1) is 9.10. The van der Waals surface area contributed by atoms with Gasteiger partial charge in [-0.25, -0.2) is 0 Å². The summed E-state index contributed by atoms with van der Waals surface area (Å²) in [7, 11) is 2.05. The molecule has 0 aliphatic heterocycles. The number of anilines is 2. The van der Waals surface area contributed by atoms with Gasteiger partial charge < -0.3 is 10.6 Å². The van der Waals surface area contributed by atoms with Crippen molar-refractivity contribution >= 4 is 11.4 Å². The van der Waals surface area contributed by atoms with Crippen LogP contribution in [0.4, 0.5) is 11.4 Å². The van der Waals surface area contributed by atoms with E-state index in [1.165, 1.54) is 0 Å². The quantitative estimate of drug-likeness (QED) is 0.838. The SMILES string of the molecule is CCC(C)n1ccc(CN(C)c2cccc(N)c2)n1. The maximum absolute atomic E-state index is 5.81. The van der Waals surface area contributed by atoms with E-state index in [0.29, 0.717) is 6.04 Å². The van der Waals surface area contributed by atoms with Gasteiger partial charge in [0.05, 0.1) is 12.2 Å². The van der Waals surface area contributed by atoms with Crippen LogP contribution in [0.2, 0.25) is 0 Å². The van der Waals surface area contributed by atoms with Gasteiger partial charge in [-0.15, -0.1) is 0 Å². The molecule has 19 heavy (non-hydrogen) atoms. The summed E-state index contributed by atoms with van der Waals surface area (Å²) >= 11 is 0. The zero-order chi connectivity index (χ0) is 13.8. The van der Waals surface area contributed by atoms with Crippen molar-refractivity contribution in [1.29, 1.82) is 0 Å². The molecule has 2 rings (SSSR count). The summed E-state index contributed by atoms with van der Waals surface area (Å²) in [5, 5.41) is 4.61. The van der Waals surface area contributed by atoms with Crippen molar-refractivity contribution in [2.24, 2.45) is 0 Å². The van der Waals surface area contributed by atoms with E-state index < -0.39 is 0 Å². The van der Waals surface area contributed by atoms with Crippen LogP contribution in [0, 0.1) is 0 Å². The van der Waals surface area contributed by atoms with E-state index in [1.54, 1.807) is 0 Å². The Hall–Kier alpha value is -1.97. The molecule has 1 unspecified atom stereocenters. The minimum Gasteiger partial charge on any atom is -0.399 e. The molecular formula is C15H22N4. The molecule has 4 nitrogen and oxygen atoms in total. The van der Waals surface area contributed by atoms with Crippen molar-refractivity contribution in [2.45, 2.75) is 32.9 Å². The molecule has 1 aromatic carbocycles. The maximum Gasteiger partial charge on any atom is 0.0817 e. The predicted molar refractivity (Wildman–Crippen MR) is 80.2 cm³/mol. The number of rotatable bonds is 5. The second kappa shape index (κ2) is 5.78. The van der Waals surface area contributed by atoms with E-state index in [2.05, 4.69) is 49.2 Å². The van der Waals surface area contributed by atoms with E-state index >= 15 is 0 Å². The summed E-state index contributed by atoms with van der Waals surface area (Å²) in [5.74, 6) is 0. The fraction of sp³-hybridized carbons (Fsp3) is 0.400. The standard InChI is InChI=1S/C15H22N4/c1-4-12(2)19-9-8-14(17-19)11-18(3)15-7-5-6-13(16)10-15/h5-10,12H,4,11,16H2,1-3H3. The second-order valence-corrected chi connectivity index (χ2v) is 5.00. The largest absolute Gasteiger partial charge is 0.399 e. The number of nitrogens with zero attached hydrogens (tertiary/aromatic N) is 3. The first-order valence-electron chi connectivity index (χ1n) is 6.71. The fourth-order valence-corrected chi connectivity index (χ4v) is 1.99. The number of hydrogen-bond acceptors (Lipinski definition) is 3. The molecule has 0 aliphatic carbocycles. The Morgan fingerprint density at radius 3 is 2.84 bits per heavy atom. The van der Waals surface area contributed by atoms with Crippen LogP contribution in [-0.4, -0.2) is 16.8 Å². The lowest BCUT2D eigenvalue weighted by atomic mass is 10.2. The Morgan fingerprint density at radius 1 is 1.37 bits per heavy atom. The highest BCUT2D eigenvalue weighted by Gasteiger charge is 2.07. The summed E-state index contributed by atoms with van der Waals surface area (Å²) in [4.78, 5) is 2.15. The van der Waals surface area contributed by atoms with Gasteiger partial charge in [-0.3, -0.25) is 4.68 Å². The molecule has 0 amide bonds. The van der Waals surface area contributed by atoms with Crippen molar-refractivity contribution in [2.75, 3.05) is 17.7 Å². The van der Waals surface area contributed by atoms with Crippen LogP contribution in [-0.2, 0) is 6.54 Å². The topological polar surface area (TPSA) is 47.1 Å². The van der Waals surface area contributed by atoms with Crippen LogP contribution < -0.4 is 10.6 Å². The van der Waals surface area contributed by atoms with Gasteiger partial charge in [0.15, 0.2) is 0 Å². The molecule has 0 saturated carbocycles. The number of hydrogen-bond donors (Lipinski definition) is 1. The Balaban J connectivity index is 2.06. The van der Waals surface area contributed by atoms with Gasteiger partial charge in [0, 0.05) is 30.7 Å². The van der Waals surface area contributed by atoms with Gasteiger partial charge in [-0.2, -0.15) is 5.10 Å². The van der Waals surface area contributed by atoms with Gasteiger partial charge in [-0.05, 0) is 37.6 Å². The van der Waals surface area contributed by atoms with E-state index in [4.69, 9.17) is 5.73 Å². The third-order valence-corrected chi connectivity index (χ3v) is 3.42. The van der Waals surface area contributed by atoms with Crippen molar-refractivity contribution in [3.63, 3.8) is 0 Å². The normalized spacial score (nSPS) is 12.4. The number of benzene rings is 1. The summed E-state index contributed by atoms with van der Waals surface area (Å²) < 4.78 is 2.03. The van der Waals surface area contributed by atoms with Crippen molar-refractivity contribution in [3.05, 3.63) is 42.2 Å². The molecule has 1 aromatic heterocycles. The van der Waals surface area contributed by atoms with Crippen LogP contribution in [0.25, 0.3) is 0 Å². The summed E-state index contributed by atoms with van der Waals surface area (Å²) in [5.41, 5.74) is 8.78. The highest BCUT2D eigenvalue weighted by atomic mass is 15.3. The summed E-state index contributed by atoms with van der Waals surface area (Å²) in [6.07, 6.45) is 3.14. The lowest BCUT2D eigenvalue weighted by Gasteiger charge is -2.18. The van der Waals surface area contributed by atoms with Crippen molar-refractivity contribution < 1.29 is 0 Å². The maximum atomic E-state index is 5.81. The van der Waals surface area contributed by atoms with Gasteiger partial charge >= 0.3 is 0 Å². The Labute approximate surface area is 114 Å². The molecule has 0 spiro atoms. The highest BCUT2D eigenvalue weighted by molar-refractivity contribution is 5.55. The van der Waals surface area contributed by atoms with Crippen LogP contribution in [0.5, 0.6) is 0 Å². The molecule has 2 N–H and O–H groups in total. The lowest BCUT2D eigenvalue weighted by molar-refractivity contribution is 0.473. The lowest BCUT2D eigenvalue weighted by Crippen LogP contribution is -2.17. The van der Waals surface area contributed by atoms with Crippen molar-refractivity contribution in [3.8, 4) is 0 Å². The van der Waals surface area contributed by atoms with E-state index in [1.807, 2.05) is 22.9 Å². The number of nitrogens with two attached hydrogens (primary N) is 1. The minimum absolute atomic E-state index is 0.450. The van der Waals surface area contributed by atoms with Gasteiger partial charge in [-0.1, -0.05) is 13.0 Å². The Kier molecular flexibility index (Phi) is 4.10. The first kappa shape index (κ1) is 13.5. The summed E-state index contributed by atoms with van der Waals surface area (Å²) in [6.45, 7) is 5.14. The first-order valence-corrected chi connectivity index (χ1v) is 6.71. The molecule has 2 aromatic rings. The minimum atomic E-state index is 0.450. The highest BCUT2D eigenvalue weighted by Crippen LogP contribution is 2.18. The van der Waals surface area contributed by atoms with Gasteiger partial charge in [0.1, 0.15) is 0 Å². The third-order valence-electron chi connectivity index (χ3n) is 3.42. The van der Waals surface area contributed by atoms with Crippen LogP contribution >= 0.6 is 0 Å². The molecule has 0 fully saturated rings. The van der Waals surface area contributed by atoms with Crippen LogP contribution in [0.3, 0.4) is 0 Å². The molecule has 0 aliphatic rings. The van der Waals surface area contributed by atoms with Crippen LogP contribution in [0.1, 0.15) is 32.0 Å². The average molecular weight is 258 g/mol. The molecule has 4 heteroatoms. The monoisotopic (exact) mass is 258 g/mol. The molecule has 1 heterocycles. The Morgan fingerprint density at radius 2 is 2.16 bits per heavy atom. The van der Waals surface area contributed by atoms with Crippen molar-refractivity contribution in [1.82, 2.24) is 9.78 Å². The van der Waals surface area contributed by atoms with E-state index in [9.17, 15) is 0 Å². The van der Waals surface area contributed by atoms with Crippen LogP contribution in [0.15, 0.2) is 36.5 Å². The number of nitrogen functional groups attached to an aromatic ring is 1. The molecule has 0 saturated heterocycles. The zero-order valence-electron chi connectivity index (χ0n) is 11.9.